The van der Waals surface area contributed by atoms with Crippen molar-refractivity contribution in [3.05, 3.63) is 29.8 Å². The van der Waals surface area contributed by atoms with Crippen LogP contribution in [0.15, 0.2) is 24.3 Å². The van der Waals surface area contributed by atoms with Gasteiger partial charge in [0, 0.05) is 19.3 Å². The van der Waals surface area contributed by atoms with Crippen LogP contribution >= 0.6 is 0 Å². The summed E-state index contributed by atoms with van der Waals surface area (Å²) in [6.07, 6.45) is 2.30. The Morgan fingerprint density at radius 3 is 2.59 bits per heavy atom. The predicted octanol–water partition coefficient (Wildman–Crippen LogP) is 1.53. The lowest BCUT2D eigenvalue weighted by Crippen LogP contribution is -2.54. The van der Waals surface area contributed by atoms with Gasteiger partial charge in [0.25, 0.3) is 0 Å². The number of aliphatic hydroxyl groups is 1. The van der Waals surface area contributed by atoms with Gasteiger partial charge in [-0.05, 0) is 37.3 Å². The molecule has 3 heteroatoms. The van der Waals surface area contributed by atoms with E-state index in [1.165, 1.54) is 11.3 Å². The van der Waals surface area contributed by atoms with Crippen LogP contribution in [0.5, 0.6) is 0 Å². The fourth-order valence-electron chi connectivity index (χ4n) is 2.48. The highest BCUT2D eigenvalue weighted by Crippen LogP contribution is 2.39. The number of hydrogen-bond donors (Lipinski definition) is 2. The summed E-state index contributed by atoms with van der Waals surface area (Å²) < 4.78 is 0. The first-order chi connectivity index (χ1) is 8.07. The topological polar surface area (TPSA) is 49.5 Å². The summed E-state index contributed by atoms with van der Waals surface area (Å²) >= 11 is 0. The van der Waals surface area contributed by atoms with E-state index in [9.17, 15) is 5.11 Å². The number of likely N-dealkylation sites (N-methyl/N-ethyl adjacent to an activating group) is 1. The third kappa shape index (κ3) is 2.61. The molecule has 0 bridgehead atoms. The predicted molar refractivity (Wildman–Crippen MR) is 71.2 cm³/mol. The van der Waals surface area contributed by atoms with Gasteiger partial charge in [0.15, 0.2) is 0 Å². The Balaban J connectivity index is 2.10. The van der Waals surface area contributed by atoms with E-state index in [4.69, 9.17) is 5.73 Å². The highest BCUT2D eigenvalue weighted by molar-refractivity contribution is 5.52. The number of nitrogens with two attached hydrogens (primary N) is 1. The Bertz CT molecular complexity index is 390. The molecule has 0 saturated heterocycles. The molecule has 1 atom stereocenters. The Kier molecular flexibility index (Phi) is 3.40. The van der Waals surface area contributed by atoms with Gasteiger partial charge < -0.3 is 15.7 Å². The van der Waals surface area contributed by atoms with Crippen molar-refractivity contribution < 1.29 is 5.11 Å². The second-order valence-electron chi connectivity index (χ2n) is 5.31. The molecule has 17 heavy (non-hydrogen) atoms. The summed E-state index contributed by atoms with van der Waals surface area (Å²) in [6.45, 7) is 2.87. The van der Waals surface area contributed by atoms with Gasteiger partial charge in [-0.3, -0.25) is 0 Å². The largest absolute Gasteiger partial charge is 0.394 e. The number of nitrogens with zero attached hydrogens (tertiary/aromatic N) is 1. The first-order valence-electron chi connectivity index (χ1n) is 6.23. The highest BCUT2D eigenvalue weighted by atomic mass is 16.3. The van der Waals surface area contributed by atoms with Crippen LogP contribution in [0.1, 0.15) is 18.4 Å². The van der Waals surface area contributed by atoms with Crippen LogP contribution in [0.3, 0.4) is 0 Å². The average Bonchev–Trinajstić information content (AvgIpc) is 3.13. The fraction of sp³-hybridized carbons (Fsp3) is 0.571. The van der Waals surface area contributed by atoms with Crippen LogP contribution in [-0.2, 0) is 0 Å². The molecule has 0 heterocycles. The lowest BCUT2D eigenvalue weighted by molar-refractivity contribution is 0.181. The van der Waals surface area contributed by atoms with Gasteiger partial charge in [0.1, 0.15) is 0 Å². The monoisotopic (exact) mass is 234 g/mol. The van der Waals surface area contributed by atoms with E-state index in [0.29, 0.717) is 12.5 Å². The molecule has 0 aromatic heterocycles. The van der Waals surface area contributed by atoms with E-state index in [0.717, 1.165) is 12.8 Å². The van der Waals surface area contributed by atoms with Gasteiger partial charge in [0.05, 0.1) is 12.1 Å². The number of aryl methyl sites for hydroxylation is 1. The van der Waals surface area contributed by atoms with Crippen molar-refractivity contribution >= 4 is 5.69 Å². The van der Waals surface area contributed by atoms with Crippen molar-refractivity contribution in [2.24, 2.45) is 11.7 Å². The summed E-state index contributed by atoms with van der Waals surface area (Å²) in [5.74, 6) is 0.485. The Morgan fingerprint density at radius 1 is 1.41 bits per heavy atom. The molecule has 1 fully saturated rings. The summed E-state index contributed by atoms with van der Waals surface area (Å²) in [6, 6.07) is 8.27. The number of rotatable bonds is 5. The molecule has 1 saturated carbocycles. The van der Waals surface area contributed by atoms with Crippen LogP contribution in [0, 0.1) is 12.8 Å². The van der Waals surface area contributed by atoms with E-state index in [1.54, 1.807) is 0 Å². The number of aliphatic hydroxyl groups excluding tert-OH is 1. The fourth-order valence-corrected chi connectivity index (χ4v) is 2.48. The summed E-state index contributed by atoms with van der Waals surface area (Å²) in [5, 5.41) is 9.51. The summed E-state index contributed by atoms with van der Waals surface area (Å²) in [7, 11) is 2.04. The van der Waals surface area contributed by atoms with E-state index in [2.05, 4.69) is 24.0 Å². The maximum atomic E-state index is 9.51. The first-order valence-corrected chi connectivity index (χ1v) is 6.23. The van der Waals surface area contributed by atoms with E-state index in [-0.39, 0.29) is 6.61 Å². The Morgan fingerprint density at radius 2 is 2.06 bits per heavy atom. The van der Waals surface area contributed by atoms with Crippen LogP contribution in [0.25, 0.3) is 0 Å². The normalized spacial score (nSPS) is 18.8. The molecule has 3 N–H and O–H groups in total. The second-order valence-corrected chi connectivity index (χ2v) is 5.31. The summed E-state index contributed by atoms with van der Waals surface area (Å²) in [5.41, 5.74) is 8.28. The smallest absolute Gasteiger partial charge is 0.0631 e. The highest BCUT2D eigenvalue weighted by Gasteiger charge is 2.42. The van der Waals surface area contributed by atoms with Crippen molar-refractivity contribution in [1.29, 1.82) is 0 Å². The molecule has 1 aliphatic rings. The second kappa shape index (κ2) is 4.67. The van der Waals surface area contributed by atoms with Crippen molar-refractivity contribution in [1.82, 2.24) is 0 Å². The molecule has 1 unspecified atom stereocenters. The first kappa shape index (κ1) is 12.4. The van der Waals surface area contributed by atoms with Crippen molar-refractivity contribution in [2.75, 3.05) is 25.1 Å². The number of para-hydroxylation sites is 1. The zero-order valence-electron chi connectivity index (χ0n) is 10.7. The third-order valence-corrected chi connectivity index (χ3v) is 3.74. The SMILES string of the molecule is Cc1ccccc1N(C)CC(N)(CO)C1CC1. The van der Waals surface area contributed by atoms with Crippen LogP contribution in [0.4, 0.5) is 5.69 Å². The molecule has 1 aliphatic carbocycles. The molecule has 3 nitrogen and oxygen atoms in total. The van der Waals surface area contributed by atoms with Crippen molar-refractivity contribution in [2.45, 2.75) is 25.3 Å². The molecule has 2 rings (SSSR count). The quantitative estimate of drug-likeness (QED) is 0.812. The van der Waals surface area contributed by atoms with E-state index < -0.39 is 5.54 Å². The zero-order valence-corrected chi connectivity index (χ0v) is 10.7. The van der Waals surface area contributed by atoms with Gasteiger partial charge in [-0.15, -0.1) is 0 Å². The van der Waals surface area contributed by atoms with Crippen molar-refractivity contribution in [3.8, 4) is 0 Å². The summed E-state index contributed by atoms with van der Waals surface area (Å²) in [4.78, 5) is 2.16. The Hall–Kier alpha value is -1.06. The lowest BCUT2D eigenvalue weighted by Gasteiger charge is -2.34. The maximum absolute atomic E-state index is 9.51. The minimum atomic E-state index is -0.447. The zero-order chi connectivity index (χ0) is 12.5. The standard InChI is InChI=1S/C14H22N2O/c1-11-5-3-4-6-13(11)16(2)9-14(15,10-17)12-7-8-12/h3-6,12,17H,7-10,15H2,1-2H3. The van der Waals surface area contributed by atoms with Crippen molar-refractivity contribution in [3.63, 3.8) is 0 Å². The minimum absolute atomic E-state index is 0.0634. The van der Waals surface area contributed by atoms with Gasteiger partial charge in [0.2, 0.25) is 0 Å². The van der Waals surface area contributed by atoms with Crippen LogP contribution in [-0.4, -0.2) is 30.8 Å². The molecule has 1 aromatic carbocycles. The molecular weight excluding hydrogens is 212 g/mol. The Labute approximate surface area is 103 Å². The van der Waals surface area contributed by atoms with E-state index >= 15 is 0 Å². The number of hydrogen-bond acceptors (Lipinski definition) is 3. The van der Waals surface area contributed by atoms with Gasteiger partial charge >= 0.3 is 0 Å². The molecule has 94 valence electrons. The molecule has 0 radical (unpaired) electrons. The van der Waals surface area contributed by atoms with Crippen LogP contribution in [0.2, 0.25) is 0 Å². The average molecular weight is 234 g/mol. The molecule has 0 aliphatic heterocycles. The minimum Gasteiger partial charge on any atom is -0.394 e. The van der Waals surface area contributed by atoms with Gasteiger partial charge in [-0.2, -0.15) is 0 Å². The molecular formula is C14H22N2O. The van der Waals surface area contributed by atoms with Gasteiger partial charge in [-0.1, -0.05) is 18.2 Å². The molecule has 0 amide bonds. The van der Waals surface area contributed by atoms with Gasteiger partial charge in [-0.25, -0.2) is 0 Å². The molecule has 0 spiro atoms. The lowest BCUT2D eigenvalue weighted by atomic mass is 9.94. The number of benzene rings is 1. The number of anilines is 1. The third-order valence-electron chi connectivity index (χ3n) is 3.74. The molecule has 1 aromatic rings. The van der Waals surface area contributed by atoms with E-state index in [1.807, 2.05) is 19.2 Å². The van der Waals surface area contributed by atoms with Crippen LogP contribution < -0.4 is 10.6 Å². The maximum Gasteiger partial charge on any atom is 0.0631 e.